The average Bonchev–Trinajstić information content (AvgIpc) is 3.24. The summed E-state index contributed by atoms with van der Waals surface area (Å²) in [5, 5.41) is 12.7. The van der Waals surface area contributed by atoms with E-state index in [1.54, 1.807) is 0 Å². The number of benzene rings is 1. The normalized spacial score (nSPS) is 20.0. The van der Waals surface area contributed by atoms with Crippen molar-refractivity contribution >= 4 is 23.4 Å². The van der Waals surface area contributed by atoms with Crippen molar-refractivity contribution in [3.05, 3.63) is 57.1 Å². The highest BCUT2D eigenvalue weighted by Gasteiger charge is 2.56. The highest BCUT2D eigenvalue weighted by atomic mass is 35.5. The smallest absolute Gasteiger partial charge is 0.326 e. The van der Waals surface area contributed by atoms with Crippen LogP contribution in [-0.4, -0.2) is 20.6 Å². The first-order valence-corrected chi connectivity index (χ1v) is 8.23. The van der Waals surface area contributed by atoms with Crippen LogP contribution >= 0.6 is 11.6 Å². The lowest BCUT2D eigenvalue weighted by molar-refractivity contribution is -0.140. The van der Waals surface area contributed by atoms with E-state index in [2.05, 4.69) is 10.3 Å². The van der Waals surface area contributed by atoms with Crippen LogP contribution < -0.4 is 10.9 Å². The van der Waals surface area contributed by atoms with Gasteiger partial charge < -0.3 is 10.4 Å². The number of fused-ring (bicyclic) bond motifs is 2. The zero-order valence-corrected chi connectivity index (χ0v) is 13.6. The van der Waals surface area contributed by atoms with Crippen molar-refractivity contribution in [3.8, 4) is 0 Å². The molecule has 0 radical (unpaired) electrons. The molecule has 0 bridgehead atoms. The summed E-state index contributed by atoms with van der Waals surface area (Å²) in [7, 11) is 0. The Hall–Kier alpha value is -2.34. The second-order valence-corrected chi connectivity index (χ2v) is 6.81. The maximum Gasteiger partial charge on any atom is 0.326 e. The van der Waals surface area contributed by atoms with E-state index in [4.69, 9.17) is 11.6 Å². The van der Waals surface area contributed by atoms with Gasteiger partial charge in [0.25, 0.3) is 5.56 Å². The Balaban J connectivity index is 1.73. The molecule has 1 saturated carbocycles. The molecule has 2 heterocycles. The van der Waals surface area contributed by atoms with E-state index in [0.29, 0.717) is 18.7 Å². The molecular weight excluding hydrogens is 330 g/mol. The molecule has 0 amide bonds. The molecule has 1 spiro atoms. The summed E-state index contributed by atoms with van der Waals surface area (Å²) in [6, 6.07) is 8.72. The van der Waals surface area contributed by atoms with Gasteiger partial charge in [-0.1, -0.05) is 41.9 Å². The second-order valence-electron chi connectivity index (χ2n) is 6.45. The fourth-order valence-electron chi connectivity index (χ4n) is 3.53. The van der Waals surface area contributed by atoms with Gasteiger partial charge in [0.1, 0.15) is 6.04 Å². The van der Waals surface area contributed by atoms with Crippen LogP contribution in [0.25, 0.3) is 0 Å². The number of nitrogens with zero attached hydrogens (tertiary/aromatic N) is 2. The van der Waals surface area contributed by atoms with E-state index in [-0.39, 0.29) is 16.4 Å². The van der Waals surface area contributed by atoms with Crippen LogP contribution in [0, 0.1) is 0 Å². The predicted octanol–water partition coefficient (Wildman–Crippen LogP) is 2.57. The fourth-order valence-corrected chi connectivity index (χ4v) is 3.91. The molecule has 1 aliphatic carbocycles. The number of aliphatic carboxylic acids is 1. The van der Waals surface area contributed by atoms with Crippen molar-refractivity contribution in [3.63, 3.8) is 0 Å². The van der Waals surface area contributed by atoms with Gasteiger partial charge in [0.2, 0.25) is 0 Å². The summed E-state index contributed by atoms with van der Waals surface area (Å²) >= 11 is 6.32. The molecule has 124 valence electrons. The van der Waals surface area contributed by atoms with Gasteiger partial charge in [-0.2, -0.15) is 0 Å². The molecule has 0 unspecified atom stereocenters. The lowest BCUT2D eigenvalue weighted by Crippen LogP contribution is -2.31. The zero-order valence-electron chi connectivity index (χ0n) is 12.8. The van der Waals surface area contributed by atoms with Crippen molar-refractivity contribution in [1.29, 1.82) is 0 Å². The van der Waals surface area contributed by atoms with Gasteiger partial charge in [-0.3, -0.25) is 9.36 Å². The summed E-state index contributed by atoms with van der Waals surface area (Å²) in [4.78, 5) is 28.6. The van der Waals surface area contributed by atoms with Gasteiger partial charge in [-0.05, 0) is 24.8 Å². The number of hydrogen-bond acceptors (Lipinski definition) is 4. The first-order chi connectivity index (χ1) is 11.5. The minimum Gasteiger partial charge on any atom is -0.480 e. The van der Waals surface area contributed by atoms with Crippen molar-refractivity contribution in [2.75, 3.05) is 5.32 Å². The highest BCUT2D eigenvalue weighted by molar-refractivity contribution is 6.30. The van der Waals surface area contributed by atoms with Crippen molar-refractivity contribution < 1.29 is 9.90 Å². The van der Waals surface area contributed by atoms with Gasteiger partial charge in [-0.15, -0.1) is 0 Å². The predicted molar refractivity (Wildman–Crippen MR) is 89.5 cm³/mol. The van der Waals surface area contributed by atoms with Gasteiger partial charge in [-0.25, -0.2) is 9.78 Å². The molecule has 1 aliphatic heterocycles. The fraction of sp³-hybridized carbons (Fsp3) is 0.353. The molecule has 2 N–H and O–H groups in total. The molecule has 7 heteroatoms. The number of carboxylic acid groups (broad SMARTS) is 1. The molecule has 1 fully saturated rings. The molecule has 1 aromatic heterocycles. The lowest BCUT2D eigenvalue weighted by atomic mass is 9.99. The highest BCUT2D eigenvalue weighted by Crippen LogP contribution is 2.58. The Morgan fingerprint density at radius 3 is 2.71 bits per heavy atom. The molecule has 6 nitrogen and oxygen atoms in total. The maximum atomic E-state index is 12.8. The SMILES string of the molecule is O=C(O)[C@@H]1CC2(CC2)c2c(Cl)nc(NCc3ccccc3)c(=O)n21. The second kappa shape index (κ2) is 5.34. The van der Waals surface area contributed by atoms with Crippen LogP contribution in [0.3, 0.4) is 0 Å². The van der Waals surface area contributed by atoms with Crippen LogP contribution in [-0.2, 0) is 16.8 Å². The molecule has 1 atom stereocenters. The van der Waals surface area contributed by atoms with E-state index in [0.717, 1.165) is 18.4 Å². The van der Waals surface area contributed by atoms with Crippen LogP contribution in [0.4, 0.5) is 5.82 Å². The summed E-state index contributed by atoms with van der Waals surface area (Å²) in [6.07, 6.45) is 2.13. The summed E-state index contributed by atoms with van der Waals surface area (Å²) in [6.45, 7) is 0.418. The zero-order chi connectivity index (χ0) is 16.9. The Bertz CT molecular complexity index is 875. The standard InChI is InChI=1S/C17H16ClN3O3/c18-13-12-17(6-7-17)8-11(16(23)24)21(12)15(22)14(20-13)19-9-10-4-2-1-3-5-10/h1-5,11H,6-9H2,(H,19,20)(H,23,24)/t11-/m0/s1. The van der Waals surface area contributed by atoms with Gasteiger partial charge in [0.05, 0.1) is 5.69 Å². The van der Waals surface area contributed by atoms with Crippen LogP contribution in [0.2, 0.25) is 5.15 Å². The molecule has 0 saturated heterocycles. The third-order valence-corrected chi connectivity index (χ3v) is 5.17. The maximum absolute atomic E-state index is 12.8. The number of carbonyl (C=O) groups is 1. The number of anilines is 1. The van der Waals surface area contributed by atoms with E-state index in [9.17, 15) is 14.7 Å². The van der Waals surface area contributed by atoms with Crippen LogP contribution in [0.15, 0.2) is 35.1 Å². The number of carboxylic acids is 1. The van der Waals surface area contributed by atoms with Crippen molar-refractivity contribution in [2.45, 2.75) is 37.3 Å². The number of rotatable bonds is 4. The van der Waals surface area contributed by atoms with Gasteiger partial charge in [0, 0.05) is 12.0 Å². The molecule has 2 aliphatic rings. The number of aromatic nitrogens is 2. The van der Waals surface area contributed by atoms with Gasteiger partial charge in [0.15, 0.2) is 11.0 Å². The van der Waals surface area contributed by atoms with E-state index < -0.39 is 17.6 Å². The minimum atomic E-state index is -1.00. The summed E-state index contributed by atoms with van der Waals surface area (Å²) in [5.74, 6) is -0.907. The quantitative estimate of drug-likeness (QED) is 0.889. The van der Waals surface area contributed by atoms with E-state index >= 15 is 0 Å². The molecule has 4 rings (SSSR count). The number of hydrogen-bond donors (Lipinski definition) is 2. The Kier molecular flexibility index (Phi) is 3.38. The molecular formula is C17H16ClN3O3. The number of halogens is 1. The topological polar surface area (TPSA) is 84.2 Å². The molecule has 2 aromatic rings. The summed E-state index contributed by atoms with van der Waals surface area (Å²) in [5.41, 5.74) is 0.895. The molecule has 1 aromatic carbocycles. The molecule has 24 heavy (non-hydrogen) atoms. The third kappa shape index (κ3) is 2.29. The van der Waals surface area contributed by atoms with Crippen LogP contribution in [0.5, 0.6) is 0 Å². The third-order valence-electron chi connectivity index (χ3n) is 4.91. The Labute approximate surface area is 143 Å². The Morgan fingerprint density at radius 1 is 1.38 bits per heavy atom. The minimum absolute atomic E-state index is 0.0940. The monoisotopic (exact) mass is 345 g/mol. The van der Waals surface area contributed by atoms with Crippen molar-refractivity contribution in [1.82, 2.24) is 9.55 Å². The van der Waals surface area contributed by atoms with Gasteiger partial charge >= 0.3 is 5.97 Å². The van der Waals surface area contributed by atoms with Crippen LogP contribution in [0.1, 0.15) is 36.6 Å². The first-order valence-electron chi connectivity index (χ1n) is 7.85. The number of nitrogens with one attached hydrogen (secondary N) is 1. The van der Waals surface area contributed by atoms with E-state index in [1.807, 2.05) is 30.3 Å². The average molecular weight is 346 g/mol. The van der Waals surface area contributed by atoms with E-state index in [1.165, 1.54) is 4.57 Å². The Morgan fingerprint density at radius 2 is 2.08 bits per heavy atom. The summed E-state index contributed by atoms with van der Waals surface area (Å²) < 4.78 is 1.33. The largest absolute Gasteiger partial charge is 0.480 e. The lowest BCUT2D eigenvalue weighted by Gasteiger charge is -2.14. The van der Waals surface area contributed by atoms with Crippen molar-refractivity contribution in [2.24, 2.45) is 0 Å². The first kappa shape index (κ1) is 15.2.